The van der Waals surface area contributed by atoms with Crippen molar-refractivity contribution >= 4 is 11.6 Å². The van der Waals surface area contributed by atoms with E-state index in [-0.39, 0.29) is 12.5 Å². The molecule has 0 bridgehead atoms. The molecule has 0 unspecified atom stereocenters. The van der Waals surface area contributed by atoms with Crippen LogP contribution in [0.3, 0.4) is 0 Å². The number of hydrogen-bond donors (Lipinski definition) is 2. The number of anilines is 1. The van der Waals surface area contributed by atoms with E-state index in [1.807, 2.05) is 19.9 Å². The first-order valence-electron chi connectivity index (χ1n) is 6.19. The summed E-state index contributed by atoms with van der Waals surface area (Å²) in [5.41, 5.74) is 6.45. The van der Waals surface area contributed by atoms with Gasteiger partial charge < -0.3 is 15.8 Å². The highest BCUT2D eigenvalue weighted by Crippen LogP contribution is 2.16. The van der Waals surface area contributed by atoms with E-state index < -0.39 is 6.04 Å². The van der Waals surface area contributed by atoms with E-state index in [9.17, 15) is 4.79 Å². The van der Waals surface area contributed by atoms with E-state index in [4.69, 9.17) is 15.7 Å². The zero-order chi connectivity index (χ0) is 14.3. The maximum atomic E-state index is 11.8. The molecule has 0 saturated heterocycles. The average molecular weight is 261 g/mol. The standard InChI is InChI=1S/C14H19N3O2/c1-10(2)9-13(16)14(18)17-11-3-5-12(6-4-11)19-8-7-15/h3-6,10,13H,8-9,16H2,1-2H3,(H,17,18)/t13-/m0/s1. The van der Waals surface area contributed by atoms with Gasteiger partial charge in [-0.25, -0.2) is 0 Å². The van der Waals surface area contributed by atoms with Gasteiger partial charge in [-0.3, -0.25) is 4.79 Å². The second-order valence-corrected chi connectivity index (χ2v) is 4.70. The van der Waals surface area contributed by atoms with Crippen LogP contribution in [-0.4, -0.2) is 18.6 Å². The maximum Gasteiger partial charge on any atom is 0.241 e. The third kappa shape index (κ3) is 5.40. The largest absolute Gasteiger partial charge is 0.479 e. The molecule has 1 rings (SSSR count). The Bertz CT molecular complexity index is 449. The summed E-state index contributed by atoms with van der Waals surface area (Å²) >= 11 is 0. The van der Waals surface area contributed by atoms with Crippen LogP contribution in [-0.2, 0) is 4.79 Å². The number of nitrogens with one attached hydrogen (secondary N) is 1. The van der Waals surface area contributed by atoms with Gasteiger partial charge in [-0.2, -0.15) is 5.26 Å². The molecule has 0 aliphatic heterocycles. The van der Waals surface area contributed by atoms with Gasteiger partial charge >= 0.3 is 0 Å². The molecule has 1 amide bonds. The van der Waals surface area contributed by atoms with Crippen LogP contribution in [0.1, 0.15) is 20.3 Å². The Morgan fingerprint density at radius 2 is 2.05 bits per heavy atom. The average Bonchev–Trinajstić information content (AvgIpc) is 2.37. The Morgan fingerprint density at radius 3 is 2.58 bits per heavy atom. The molecular weight excluding hydrogens is 242 g/mol. The van der Waals surface area contributed by atoms with Gasteiger partial charge in [0.15, 0.2) is 6.61 Å². The van der Waals surface area contributed by atoms with Gasteiger partial charge in [-0.1, -0.05) is 13.8 Å². The molecule has 0 saturated carbocycles. The first kappa shape index (κ1) is 15.0. The molecular formula is C14H19N3O2. The molecule has 3 N–H and O–H groups in total. The van der Waals surface area contributed by atoms with E-state index in [1.165, 1.54) is 0 Å². The van der Waals surface area contributed by atoms with Crippen LogP contribution in [0, 0.1) is 17.2 Å². The number of carbonyl (C=O) groups is 1. The summed E-state index contributed by atoms with van der Waals surface area (Å²) in [6, 6.07) is 8.20. The number of amides is 1. The van der Waals surface area contributed by atoms with Crippen molar-refractivity contribution in [3.63, 3.8) is 0 Å². The van der Waals surface area contributed by atoms with E-state index in [2.05, 4.69) is 5.32 Å². The fourth-order valence-electron chi connectivity index (χ4n) is 1.60. The van der Waals surface area contributed by atoms with Gasteiger partial charge in [0.1, 0.15) is 11.8 Å². The molecule has 0 aliphatic rings. The van der Waals surface area contributed by atoms with Gasteiger partial charge in [-0.15, -0.1) is 0 Å². The number of carbonyl (C=O) groups excluding carboxylic acids is 1. The predicted octanol–water partition coefficient (Wildman–Crippen LogP) is 1.90. The predicted molar refractivity (Wildman–Crippen MR) is 73.6 cm³/mol. The first-order chi connectivity index (χ1) is 9.02. The van der Waals surface area contributed by atoms with Crippen molar-refractivity contribution in [1.29, 1.82) is 5.26 Å². The Kier molecular flexibility index (Phi) is 5.83. The van der Waals surface area contributed by atoms with Gasteiger partial charge in [-0.05, 0) is 36.6 Å². The summed E-state index contributed by atoms with van der Waals surface area (Å²) in [6.45, 7) is 4.05. The van der Waals surface area contributed by atoms with Gasteiger partial charge in [0.25, 0.3) is 0 Å². The van der Waals surface area contributed by atoms with E-state index in [1.54, 1.807) is 24.3 Å². The van der Waals surface area contributed by atoms with Crippen LogP contribution in [0.25, 0.3) is 0 Å². The number of rotatable bonds is 6. The Hall–Kier alpha value is -2.06. The number of hydrogen-bond acceptors (Lipinski definition) is 4. The van der Waals surface area contributed by atoms with Crippen LogP contribution >= 0.6 is 0 Å². The van der Waals surface area contributed by atoms with Crippen molar-refractivity contribution in [3.8, 4) is 11.8 Å². The molecule has 0 fully saturated rings. The molecule has 5 heteroatoms. The summed E-state index contributed by atoms with van der Waals surface area (Å²) in [5, 5.41) is 11.1. The van der Waals surface area contributed by atoms with Crippen molar-refractivity contribution in [1.82, 2.24) is 0 Å². The van der Waals surface area contributed by atoms with Crippen LogP contribution in [0.5, 0.6) is 5.75 Å². The minimum atomic E-state index is -0.505. The van der Waals surface area contributed by atoms with Crippen LogP contribution in [0.15, 0.2) is 24.3 Å². The maximum absolute atomic E-state index is 11.8. The number of ether oxygens (including phenoxy) is 1. The quantitative estimate of drug-likeness (QED) is 0.818. The monoisotopic (exact) mass is 261 g/mol. The Morgan fingerprint density at radius 1 is 1.42 bits per heavy atom. The lowest BCUT2D eigenvalue weighted by Gasteiger charge is -2.14. The summed E-state index contributed by atoms with van der Waals surface area (Å²) < 4.78 is 5.12. The minimum absolute atomic E-state index is 0.00493. The zero-order valence-electron chi connectivity index (χ0n) is 11.2. The lowest BCUT2D eigenvalue weighted by molar-refractivity contribution is -0.117. The van der Waals surface area contributed by atoms with E-state index in [0.29, 0.717) is 23.8 Å². The van der Waals surface area contributed by atoms with Crippen LogP contribution < -0.4 is 15.8 Å². The molecule has 5 nitrogen and oxygen atoms in total. The number of nitrogens with two attached hydrogens (primary N) is 1. The molecule has 0 radical (unpaired) electrons. The summed E-state index contributed by atoms with van der Waals surface area (Å²) in [5.74, 6) is 0.771. The molecule has 1 atom stereocenters. The van der Waals surface area contributed by atoms with Crippen LogP contribution in [0.2, 0.25) is 0 Å². The third-order valence-corrected chi connectivity index (χ3v) is 2.49. The molecule has 19 heavy (non-hydrogen) atoms. The van der Waals surface area contributed by atoms with Gasteiger partial charge in [0.2, 0.25) is 5.91 Å². The lowest BCUT2D eigenvalue weighted by atomic mass is 10.0. The SMILES string of the molecule is CC(C)C[C@H](N)C(=O)Nc1ccc(OCC#N)cc1. The molecule has 0 heterocycles. The normalized spacial score (nSPS) is 11.7. The first-order valence-corrected chi connectivity index (χ1v) is 6.19. The fraction of sp³-hybridized carbons (Fsp3) is 0.429. The molecule has 0 spiro atoms. The van der Waals surface area contributed by atoms with Crippen molar-refractivity contribution in [3.05, 3.63) is 24.3 Å². The Labute approximate surface area is 113 Å². The third-order valence-electron chi connectivity index (χ3n) is 2.49. The minimum Gasteiger partial charge on any atom is -0.479 e. The molecule has 1 aromatic carbocycles. The van der Waals surface area contributed by atoms with Gasteiger partial charge in [0.05, 0.1) is 6.04 Å². The number of nitrogens with zero attached hydrogens (tertiary/aromatic N) is 1. The molecule has 0 aromatic heterocycles. The summed E-state index contributed by atoms with van der Waals surface area (Å²) in [7, 11) is 0. The van der Waals surface area contributed by atoms with Crippen molar-refractivity contribution in [2.24, 2.45) is 11.7 Å². The van der Waals surface area contributed by atoms with Crippen molar-refractivity contribution in [2.75, 3.05) is 11.9 Å². The van der Waals surface area contributed by atoms with Crippen molar-refractivity contribution < 1.29 is 9.53 Å². The zero-order valence-corrected chi connectivity index (χ0v) is 11.2. The molecule has 1 aromatic rings. The Balaban J connectivity index is 2.53. The smallest absolute Gasteiger partial charge is 0.241 e. The summed E-state index contributed by atoms with van der Waals surface area (Å²) in [4.78, 5) is 11.8. The van der Waals surface area contributed by atoms with Crippen LogP contribution in [0.4, 0.5) is 5.69 Å². The topological polar surface area (TPSA) is 88.1 Å². The number of nitriles is 1. The molecule has 0 aliphatic carbocycles. The molecule has 102 valence electrons. The lowest BCUT2D eigenvalue weighted by Crippen LogP contribution is -2.36. The van der Waals surface area contributed by atoms with E-state index >= 15 is 0 Å². The highest BCUT2D eigenvalue weighted by molar-refractivity contribution is 5.94. The fourth-order valence-corrected chi connectivity index (χ4v) is 1.60. The number of benzene rings is 1. The highest BCUT2D eigenvalue weighted by atomic mass is 16.5. The second-order valence-electron chi connectivity index (χ2n) is 4.70. The summed E-state index contributed by atoms with van der Waals surface area (Å²) in [6.07, 6.45) is 0.648. The van der Waals surface area contributed by atoms with E-state index in [0.717, 1.165) is 0 Å². The second kappa shape index (κ2) is 7.39. The van der Waals surface area contributed by atoms with Crippen molar-refractivity contribution in [2.45, 2.75) is 26.3 Å². The highest BCUT2D eigenvalue weighted by Gasteiger charge is 2.14. The van der Waals surface area contributed by atoms with Gasteiger partial charge in [0, 0.05) is 5.69 Å².